The molecule has 0 unspecified atom stereocenters. The molecule has 0 aliphatic rings. The molecule has 3 rings (SSSR count). The lowest BCUT2D eigenvalue weighted by Gasteiger charge is -2.06. The van der Waals surface area contributed by atoms with Gasteiger partial charge in [0, 0.05) is 35.5 Å². The summed E-state index contributed by atoms with van der Waals surface area (Å²) >= 11 is 0. The van der Waals surface area contributed by atoms with Crippen molar-refractivity contribution in [3.05, 3.63) is 72.1 Å². The van der Waals surface area contributed by atoms with E-state index >= 15 is 0 Å². The molecule has 2 aromatic carbocycles. The minimum Gasteiger partial charge on any atom is -0.399 e. The van der Waals surface area contributed by atoms with Crippen molar-refractivity contribution in [3.8, 4) is 0 Å². The first kappa shape index (κ1) is 12.4. The Morgan fingerprint density at radius 2 is 1.85 bits per heavy atom. The van der Waals surface area contributed by atoms with Gasteiger partial charge in [-0.25, -0.2) is 0 Å². The number of ketones is 1. The highest BCUT2D eigenvalue weighted by molar-refractivity contribution is 6.08. The summed E-state index contributed by atoms with van der Waals surface area (Å²) in [6.45, 7) is 0. The third-order valence-electron chi connectivity index (χ3n) is 3.33. The van der Waals surface area contributed by atoms with E-state index in [9.17, 15) is 4.79 Å². The molecule has 98 valence electrons. The summed E-state index contributed by atoms with van der Waals surface area (Å²) < 4.78 is 0. The van der Waals surface area contributed by atoms with Gasteiger partial charge in [0.25, 0.3) is 0 Å². The number of nitrogens with zero attached hydrogens (tertiary/aromatic N) is 1. The van der Waals surface area contributed by atoms with Crippen LogP contribution in [-0.2, 0) is 6.42 Å². The van der Waals surface area contributed by atoms with Crippen LogP contribution in [0.15, 0.2) is 60.9 Å². The number of nitrogens with two attached hydrogens (primary N) is 1. The van der Waals surface area contributed by atoms with Crippen molar-refractivity contribution in [2.45, 2.75) is 6.42 Å². The molecule has 1 heterocycles. The molecule has 0 bridgehead atoms. The van der Waals surface area contributed by atoms with Gasteiger partial charge in [0.15, 0.2) is 5.78 Å². The normalized spacial score (nSPS) is 10.6. The number of nitrogen functional groups attached to an aromatic ring is 1. The Balaban J connectivity index is 1.94. The van der Waals surface area contributed by atoms with Crippen molar-refractivity contribution in [1.29, 1.82) is 0 Å². The molecule has 0 aliphatic heterocycles. The molecule has 0 saturated heterocycles. The van der Waals surface area contributed by atoms with Crippen LogP contribution in [0.5, 0.6) is 0 Å². The third kappa shape index (κ3) is 2.38. The minimum atomic E-state index is 0.103. The van der Waals surface area contributed by atoms with Gasteiger partial charge in [0.05, 0.1) is 0 Å². The van der Waals surface area contributed by atoms with Gasteiger partial charge in [0.1, 0.15) is 0 Å². The van der Waals surface area contributed by atoms with Gasteiger partial charge < -0.3 is 5.73 Å². The summed E-state index contributed by atoms with van der Waals surface area (Å²) in [5, 5.41) is 1.93. The number of carbonyl (C=O) groups is 1. The Bertz CT molecular complexity index is 758. The van der Waals surface area contributed by atoms with Gasteiger partial charge in [-0.05, 0) is 29.1 Å². The summed E-state index contributed by atoms with van der Waals surface area (Å²) in [5.74, 6) is 0.103. The smallest absolute Gasteiger partial charge is 0.167 e. The monoisotopic (exact) mass is 262 g/mol. The summed E-state index contributed by atoms with van der Waals surface area (Å²) in [5.41, 5.74) is 8.06. The Labute approximate surface area is 117 Å². The lowest BCUT2D eigenvalue weighted by atomic mass is 9.98. The predicted octanol–water partition coefficient (Wildman–Crippen LogP) is 3.24. The first-order chi connectivity index (χ1) is 9.74. The van der Waals surface area contributed by atoms with Crippen LogP contribution in [0.3, 0.4) is 0 Å². The quantitative estimate of drug-likeness (QED) is 0.582. The van der Waals surface area contributed by atoms with E-state index in [0.717, 1.165) is 21.9 Å². The van der Waals surface area contributed by atoms with Crippen molar-refractivity contribution in [2.75, 3.05) is 5.73 Å². The summed E-state index contributed by atoms with van der Waals surface area (Å²) in [7, 11) is 0. The number of hydrogen-bond donors (Lipinski definition) is 1. The number of carbonyl (C=O) groups excluding carboxylic acids is 1. The topological polar surface area (TPSA) is 56.0 Å². The predicted molar refractivity (Wildman–Crippen MR) is 80.6 cm³/mol. The minimum absolute atomic E-state index is 0.103. The van der Waals surface area contributed by atoms with Crippen molar-refractivity contribution in [1.82, 2.24) is 4.98 Å². The third-order valence-corrected chi connectivity index (χ3v) is 3.33. The van der Waals surface area contributed by atoms with Crippen LogP contribution >= 0.6 is 0 Å². The average molecular weight is 262 g/mol. The maximum Gasteiger partial charge on any atom is 0.167 e. The molecule has 1 aromatic heterocycles. The zero-order chi connectivity index (χ0) is 13.9. The van der Waals surface area contributed by atoms with E-state index < -0.39 is 0 Å². The first-order valence-corrected chi connectivity index (χ1v) is 6.44. The first-order valence-electron chi connectivity index (χ1n) is 6.44. The second-order valence-corrected chi connectivity index (χ2v) is 4.74. The highest BCUT2D eigenvalue weighted by Gasteiger charge is 2.10. The van der Waals surface area contributed by atoms with Crippen LogP contribution < -0.4 is 5.73 Å². The van der Waals surface area contributed by atoms with Gasteiger partial charge in [-0.2, -0.15) is 0 Å². The number of fused-ring (bicyclic) bond motifs is 1. The largest absolute Gasteiger partial charge is 0.399 e. The lowest BCUT2D eigenvalue weighted by molar-refractivity contribution is 0.0994. The SMILES string of the molecule is Nc1ccc(CC(=O)c2cccc3cnccc23)cc1. The molecule has 0 spiro atoms. The number of aromatic nitrogens is 1. The van der Waals surface area contributed by atoms with Gasteiger partial charge in [-0.1, -0.05) is 30.3 Å². The van der Waals surface area contributed by atoms with Gasteiger partial charge in [-0.15, -0.1) is 0 Å². The van der Waals surface area contributed by atoms with Crippen molar-refractivity contribution < 1.29 is 4.79 Å². The molecule has 3 aromatic rings. The van der Waals surface area contributed by atoms with E-state index in [1.165, 1.54) is 0 Å². The fourth-order valence-corrected chi connectivity index (χ4v) is 2.28. The second kappa shape index (κ2) is 5.13. The van der Waals surface area contributed by atoms with Crippen LogP contribution in [0.1, 0.15) is 15.9 Å². The van der Waals surface area contributed by atoms with Crippen LogP contribution in [0.25, 0.3) is 10.8 Å². The molecular weight excluding hydrogens is 248 g/mol. The molecule has 0 amide bonds. The van der Waals surface area contributed by atoms with E-state index in [2.05, 4.69) is 4.98 Å². The fraction of sp³-hybridized carbons (Fsp3) is 0.0588. The number of pyridine rings is 1. The van der Waals surface area contributed by atoms with E-state index in [1.807, 2.05) is 48.5 Å². The van der Waals surface area contributed by atoms with E-state index in [0.29, 0.717) is 12.1 Å². The molecule has 20 heavy (non-hydrogen) atoms. The highest BCUT2D eigenvalue weighted by Crippen LogP contribution is 2.19. The molecule has 0 atom stereocenters. The number of benzene rings is 2. The standard InChI is InChI=1S/C17H14N2O/c18-14-6-4-12(5-7-14)10-17(20)16-3-1-2-13-11-19-9-8-15(13)16/h1-9,11H,10,18H2. The number of hydrogen-bond acceptors (Lipinski definition) is 3. The molecule has 0 fully saturated rings. The Morgan fingerprint density at radius 3 is 2.65 bits per heavy atom. The fourth-order valence-electron chi connectivity index (χ4n) is 2.28. The number of Topliss-reactive ketones (excluding diaryl/α,β-unsaturated/α-hetero) is 1. The maximum absolute atomic E-state index is 12.5. The number of rotatable bonds is 3. The van der Waals surface area contributed by atoms with Gasteiger partial charge in [-0.3, -0.25) is 9.78 Å². The van der Waals surface area contributed by atoms with E-state index in [1.54, 1.807) is 12.4 Å². The zero-order valence-corrected chi connectivity index (χ0v) is 10.9. The molecule has 2 N–H and O–H groups in total. The van der Waals surface area contributed by atoms with Crippen LogP contribution in [0.4, 0.5) is 5.69 Å². The molecule has 0 saturated carbocycles. The molecular formula is C17H14N2O. The molecule has 0 aliphatic carbocycles. The molecule has 0 radical (unpaired) electrons. The lowest BCUT2D eigenvalue weighted by Crippen LogP contribution is -2.04. The van der Waals surface area contributed by atoms with Crippen molar-refractivity contribution in [2.24, 2.45) is 0 Å². The van der Waals surface area contributed by atoms with Crippen LogP contribution in [-0.4, -0.2) is 10.8 Å². The molecule has 3 heteroatoms. The van der Waals surface area contributed by atoms with Crippen LogP contribution in [0.2, 0.25) is 0 Å². The van der Waals surface area contributed by atoms with E-state index in [4.69, 9.17) is 5.73 Å². The van der Waals surface area contributed by atoms with Crippen molar-refractivity contribution in [3.63, 3.8) is 0 Å². The second-order valence-electron chi connectivity index (χ2n) is 4.74. The van der Waals surface area contributed by atoms with Crippen LogP contribution in [0, 0.1) is 0 Å². The van der Waals surface area contributed by atoms with Crippen molar-refractivity contribution >= 4 is 22.2 Å². The highest BCUT2D eigenvalue weighted by atomic mass is 16.1. The Hall–Kier alpha value is -2.68. The molecule has 3 nitrogen and oxygen atoms in total. The maximum atomic E-state index is 12.5. The summed E-state index contributed by atoms with van der Waals surface area (Å²) in [6.07, 6.45) is 3.86. The van der Waals surface area contributed by atoms with Gasteiger partial charge in [0.2, 0.25) is 0 Å². The summed E-state index contributed by atoms with van der Waals surface area (Å²) in [6, 6.07) is 15.0. The average Bonchev–Trinajstić information content (AvgIpc) is 2.49. The number of anilines is 1. The Kier molecular flexibility index (Phi) is 3.17. The van der Waals surface area contributed by atoms with Gasteiger partial charge >= 0.3 is 0 Å². The summed E-state index contributed by atoms with van der Waals surface area (Å²) in [4.78, 5) is 16.5. The Morgan fingerprint density at radius 1 is 1.05 bits per heavy atom. The van der Waals surface area contributed by atoms with E-state index in [-0.39, 0.29) is 5.78 Å². The zero-order valence-electron chi connectivity index (χ0n) is 10.9.